The summed E-state index contributed by atoms with van der Waals surface area (Å²) in [5, 5.41) is 14.4. The minimum atomic E-state index is -0.103. The van der Waals surface area contributed by atoms with Gasteiger partial charge in [-0.25, -0.2) is 0 Å². The van der Waals surface area contributed by atoms with Gasteiger partial charge in [0, 0.05) is 5.39 Å². The highest BCUT2D eigenvalue weighted by molar-refractivity contribution is 7.99. The molecule has 0 saturated heterocycles. The second kappa shape index (κ2) is 10.9. The molecule has 8 heteroatoms. The maximum absolute atomic E-state index is 12.4. The average Bonchev–Trinajstić information content (AvgIpc) is 3.56. The Morgan fingerprint density at radius 1 is 0.943 bits per heavy atom. The summed E-state index contributed by atoms with van der Waals surface area (Å²) in [5.41, 5.74) is 1.11. The first-order valence-corrected chi connectivity index (χ1v) is 12.2. The molecule has 5 aromatic rings. The van der Waals surface area contributed by atoms with Crippen molar-refractivity contribution in [2.45, 2.75) is 24.9 Å². The van der Waals surface area contributed by atoms with Crippen LogP contribution in [0.15, 0.2) is 101 Å². The average molecular weight is 485 g/mol. The molecular formula is C27H24N4O3S. The maximum atomic E-state index is 12.4. The molecule has 176 valence electrons. The van der Waals surface area contributed by atoms with E-state index in [2.05, 4.69) is 39.8 Å². The minimum Gasteiger partial charge on any atom is -0.485 e. The van der Waals surface area contributed by atoms with E-state index in [0.29, 0.717) is 29.8 Å². The zero-order valence-corrected chi connectivity index (χ0v) is 19.8. The van der Waals surface area contributed by atoms with E-state index >= 15 is 0 Å². The van der Waals surface area contributed by atoms with E-state index in [9.17, 15) is 4.79 Å². The molecule has 0 aliphatic heterocycles. The predicted molar refractivity (Wildman–Crippen MR) is 135 cm³/mol. The Morgan fingerprint density at radius 3 is 2.63 bits per heavy atom. The fourth-order valence-corrected chi connectivity index (χ4v) is 4.49. The normalized spacial score (nSPS) is 11.0. The van der Waals surface area contributed by atoms with E-state index in [0.717, 1.165) is 22.1 Å². The molecule has 0 unspecified atom stereocenters. The number of thioether (sulfide) groups is 1. The van der Waals surface area contributed by atoms with Gasteiger partial charge in [-0.1, -0.05) is 78.5 Å². The lowest BCUT2D eigenvalue weighted by Crippen LogP contribution is -2.24. The summed E-state index contributed by atoms with van der Waals surface area (Å²) in [4.78, 5) is 12.4. The van der Waals surface area contributed by atoms with Gasteiger partial charge in [-0.3, -0.25) is 9.36 Å². The monoisotopic (exact) mass is 484 g/mol. The third kappa shape index (κ3) is 5.73. The molecule has 7 nitrogen and oxygen atoms in total. The number of carbonyl (C=O) groups excluding carboxylic acids is 1. The van der Waals surface area contributed by atoms with Crippen molar-refractivity contribution in [2.75, 3.05) is 5.75 Å². The molecule has 1 amide bonds. The van der Waals surface area contributed by atoms with Crippen molar-refractivity contribution < 1.29 is 13.9 Å². The van der Waals surface area contributed by atoms with Crippen molar-refractivity contribution in [3.8, 4) is 5.75 Å². The first kappa shape index (κ1) is 22.7. The number of hydrogen-bond acceptors (Lipinski definition) is 6. The largest absolute Gasteiger partial charge is 0.485 e. The van der Waals surface area contributed by atoms with E-state index in [1.54, 1.807) is 12.3 Å². The summed E-state index contributed by atoms with van der Waals surface area (Å²) in [6, 6.07) is 27.8. The van der Waals surface area contributed by atoms with E-state index < -0.39 is 0 Å². The molecule has 2 aromatic heterocycles. The molecule has 0 saturated carbocycles. The molecule has 0 fully saturated rings. The molecule has 0 bridgehead atoms. The Kier molecular flexibility index (Phi) is 7.10. The Morgan fingerprint density at radius 2 is 1.77 bits per heavy atom. The molecule has 0 spiro atoms. The molecule has 0 aliphatic rings. The number of rotatable bonds is 10. The van der Waals surface area contributed by atoms with Crippen LogP contribution in [-0.2, 0) is 24.5 Å². The fraction of sp³-hybridized carbons (Fsp3) is 0.148. The molecule has 0 radical (unpaired) electrons. The summed E-state index contributed by atoms with van der Waals surface area (Å²) in [5.74, 6) is 2.32. The van der Waals surface area contributed by atoms with Crippen molar-refractivity contribution in [1.82, 2.24) is 20.1 Å². The number of aromatic nitrogens is 3. The number of ether oxygens (including phenoxy) is 1. The lowest BCUT2D eigenvalue weighted by atomic mass is 10.1. The van der Waals surface area contributed by atoms with Crippen LogP contribution in [0.5, 0.6) is 5.75 Å². The van der Waals surface area contributed by atoms with E-state index in [1.165, 1.54) is 11.8 Å². The Balaban J connectivity index is 1.31. The van der Waals surface area contributed by atoms with Crippen molar-refractivity contribution in [2.24, 2.45) is 0 Å². The molecule has 3 aromatic carbocycles. The SMILES string of the molecule is O=C(CSc1nnc(COc2cccc3ccccc23)n1Cc1ccccc1)NCc1ccco1. The number of benzene rings is 3. The van der Waals surface area contributed by atoms with E-state index in [4.69, 9.17) is 9.15 Å². The van der Waals surface area contributed by atoms with Gasteiger partial charge in [0.25, 0.3) is 0 Å². The second-order valence-electron chi connectivity index (χ2n) is 7.88. The number of nitrogens with zero attached hydrogens (tertiary/aromatic N) is 3. The van der Waals surface area contributed by atoms with Gasteiger partial charge in [-0.05, 0) is 29.1 Å². The Hall–Kier alpha value is -4.04. The highest BCUT2D eigenvalue weighted by Gasteiger charge is 2.16. The maximum Gasteiger partial charge on any atom is 0.230 e. The lowest BCUT2D eigenvalue weighted by Gasteiger charge is -2.12. The summed E-state index contributed by atoms with van der Waals surface area (Å²) < 4.78 is 13.4. The zero-order chi connectivity index (χ0) is 23.9. The number of fused-ring (bicyclic) bond motifs is 1. The highest BCUT2D eigenvalue weighted by atomic mass is 32.2. The highest BCUT2D eigenvalue weighted by Crippen LogP contribution is 2.26. The smallest absolute Gasteiger partial charge is 0.230 e. The van der Waals surface area contributed by atoms with Crippen LogP contribution in [0.4, 0.5) is 0 Å². The third-order valence-corrected chi connectivity index (χ3v) is 6.42. The number of furan rings is 1. The molecule has 5 rings (SSSR count). The van der Waals surface area contributed by atoms with Crippen LogP contribution in [-0.4, -0.2) is 26.4 Å². The van der Waals surface area contributed by atoms with Gasteiger partial charge in [-0.2, -0.15) is 0 Å². The summed E-state index contributed by atoms with van der Waals surface area (Å²) >= 11 is 1.35. The molecule has 2 heterocycles. The van der Waals surface area contributed by atoms with Gasteiger partial charge in [0.2, 0.25) is 5.91 Å². The van der Waals surface area contributed by atoms with Crippen LogP contribution < -0.4 is 10.1 Å². The summed E-state index contributed by atoms with van der Waals surface area (Å²) in [7, 11) is 0. The van der Waals surface area contributed by atoms with Crippen LogP contribution in [0.2, 0.25) is 0 Å². The first-order valence-electron chi connectivity index (χ1n) is 11.2. The van der Waals surface area contributed by atoms with Crippen LogP contribution in [0.3, 0.4) is 0 Å². The molecular weight excluding hydrogens is 460 g/mol. The third-order valence-electron chi connectivity index (χ3n) is 5.46. The molecule has 0 aliphatic carbocycles. The first-order chi connectivity index (χ1) is 17.3. The van der Waals surface area contributed by atoms with E-state index in [-0.39, 0.29) is 18.3 Å². The molecule has 35 heavy (non-hydrogen) atoms. The quantitative estimate of drug-likeness (QED) is 0.279. The number of hydrogen-bond donors (Lipinski definition) is 1. The van der Waals surface area contributed by atoms with Crippen LogP contribution in [0.25, 0.3) is 10.8 Å². The predicted octanol–water partition coefficient (Wildman–Crippen LogP) is 5.06. The number of carbonyl (C=O) groups is 1. The van der Waals surface area contributed by atoms with Crippen LogP contribution in [0.1, 0.15) is 17.1 Å². The molecule has 0 atom stereocenters. The zero-order valence-electron chi connectivity index (χ0n) is 19.0. The van der Waals surface area contributed by atoms with Gasteiger partial charge in [-0.15, -0.1) is 10.2 Å². The molecule has 1 N–H and O–H groups in total. The minimum absolute atomic E-state index is 0.103. The Bertz CT molecular complexity index is 1400. The number of nitrogens with one attached hydrogen (secondary N) is 1. The van der Waals surface area contributed by atoms with Gasteiger partial charge in [0.15, 0.2) is 11.0 Å². The standard InChI is InChI=1S/C27H24N4O3S/c32-26(28-16-22-12-7-15-33-22)19-35-27-30-29-25(31(27)17-20-8-2-1-3-9-20)18-34-24-14-6-11-21-10-4-5-13-23(21)24/h1-15H,16-19H2,(H,28,32). The van der Waals surface area contributed by atoms with Crippen molar-refractivity contribution in [3.05, 3.63) is 108 Å². The van der Waals surface area contributed by atoms with Crippen molar-refractivity contribution in [1.29, 1.82) is 0 Å². The van der Waals surface area contributed by atoms with Gasteiger partial charge < -0.3 is 14.5 Å². The summed E-state index contributed by atoms with van der Waals surface area (Å²) in [6.45, 7) is 1.20. The number of amides is 1. The van der Waals surface area contributed by atoms with Crippen LogP contribution >= 0.6 is 11.8 Å². The van der Waals surface area contributed by atoms with Crippen LogP contribution in [0, 0.1) is 0 Å². The fourth-order valence-electron chi connectivity index (χ4n) is 3.70. The topological polar surface area (TPSA) is 82.2 Å². The van der Waals surface area contributed by atoms with Gasteiger partial charge >= 0.3 is 0 Å². The Labute approximate surface area is 207 Å². The van der Waals surface area contributed by atoms with Gasteiger partial charge in [0.05, 0.1) is 25.1 Å². The van der Waals surface area contributed by atoms with Crippen molar-refractivity contribution >= 4 is 28.4 Å². The van der Waals surface area contributed by atoms with Gasteiger partial charge in [0.1, 0.15) is 18.1 Å². The van der Waals surface area contributed by atoms with E-state index in [1.807, 2.05) is 59.2 Å². The lowest BCUT2D eigenvalue weighted by molar-refractivity contribution is -0.118. The summed E-state index contributed by atoms with van der Waals surface area (Å²) in [6.07, 6.45) is 1.59. The second-order valence-corrected chi connectivity index (χ2v) is 8.82. The van der Waals surface area contributed by atoms with Crippen molar-refractivity contribution in [3.63, 3.8) is 0 Å².